The molecule has 1 aromatic rings. The molecule has 1 heterocycles. The molecule has 19 heavy (non-hydrogen) atoms. The van der Waals surface area contributed by atoms with Gasteiger partial charge in [0.15, 0.2) is 5.96 Å². The number of hydrogen-bond donors (Lipinski definition) is 1. The van der Waals surface area contributed by atoms with Gasteiger partial charge in [-0.1, -0.05) is 31.2 Å². The van der Waals surface area contributed by atoms with Gasteiger partial charge in [0.25, 0.3) is 0 Å². The van der Waals surface area contributed by atoms with E-state index in [1.54, 1.807) is 7.11 Å². The van der Waals surface area contributed by atoms with Crippen molar-refractivity contribution in [2.45, 2.75) is 39.0 Å². The molecule has 4 heteroatoms. The monoisotopic (exact) mass is 261 g/mol. The van der Waals surface area contributed by atoms with Crippen LogP contribution in [0.2, 0.25) is 0 Å². The molecule has 0 aliphatic carbocycles. The van der Waals surface area contributed by atoms with E-state index in [2.05, 4.69) is 48.0 Å². The number of aliphatic imine (C=N–C) groups is 1. The Balaban J connectivity index is 2.16. The molecule has 1 aliphatic heterocycles. The van der Waals surface area contributed by atoms with Crippen LogP contribution < -0.4 is 5.73 Å². The largest absolute Gasteiger partial charge is 0.380 e. The van der Waals surface area contributed by atoms with Crippen LogP contribution in [-0.4, -0.2) is 30.6 Å². The highest BCUT2D eigenvalue weighted by atomic mass is 16.5. The quantitative estimate of drug-likeness (QED) is 0.885. The summed E-state index contributed by atoms with van der Waals surface area (Å²) in [6.45, 7) is 5.77. The van der Waals surface area contributed by atoms with Crippen LogP contribution in [0.15, 0.2) is 29.3 Å². The standard InChI is InChI=1S/C15H23N3O/c1-4-11(2)18-14(9-17-15(18)16)13-7-5-12(6-8-13)10-19-3/h5-8,11,14H,4,9-10H2,1-3H3,(H2,16,17). The number of methoxy groups -OCH3 is 1. The molecule has 2 unspecified atom stereocenters. The Kier molecular flexibility index (Phi) is 4.43. The second kappa shape index (κ2) is 6.06. The van der Waals surface area contributed by atoms with Gasteiger partial charge in [-0.15, -0.1) is 0 Å². The minimum atomic E-state index is 0.270. The lowest BCUT2D eigenvalue weighted by Gasteiger charge is -2.32. The van der Waals surface area contributed by atoms with E-state index in [-0.39, 0.29) is 6.04 Å². The minimum Gasteiger partial charge on any atom is -0.380 e. The van der Waals surface area contributed by atoms with E-state index in [4.69, 9.17) is 10.5 Å². The predicted molar refractivity (Wildman–Crippen MR) is 78.0 cm³/mol. The fourth-order valence-electron chi connectivity index (χ4n) is 2.51. The molecule has 0 saturated heterocycles. The van der Waals surface area contributed by atoms with Gasteiger partial charge in [-0.2, -0.15) is 0 Å². The third kappa shape index (κ3) is 2.89. The number of hydrogen-bond acceptors (Lipinski definition) is 4. The fourth-order valence-corrected chi connectivity index (χ4v) is 2.51. The maximum absolute atomic E-state index is 6.02. The molecule has 2 atom stereocenters. The van der Waals surface area contributed by atoms with E-state index in [1.807, 2.05) is 0 Å². The first-order valence-corrected chi connectivity index (χ1v) is 6.83. The summed E-state index contributed by atoms with van der Waals surface area (Å²) in [6, 6.07) is 9.22. The predicted octanol–water partition coefficient (Wildman–Crippen LogP) is 2.30. The molecular weight excluding hydrogens is 238 g/mol. The Morgan fingerprint density at radius 2 is 2.11 bits per heavy atom. The SMILES string of the molecule is CCC(C)N1C(N)=NCC1c1ccc(COC)cc1. The van der Waals surface area contributed by atoms with Crippen LogP contribution in [-0.2, 0) is 11.3 Å². The fraction of sp³-hybridized carbons (Fsp3) is 0.533. The number of rotatable bonds is 5. The molecule has 2 N–H and O–H groups in total. The topological polar surface area (TPSA) is 50.8 Å². The van der Waals surface area contributed by atoms with Crippen LogP contribution in [0.3, 0.4) is 0 Å². The normalized spacial score (nSPS) is 20.5. The van der Waals surface area contributed by atoms with Gasteiger partial charge < -0.3 is 15.4 Å². The Morgan fingerprint density at radius 1 is 1.42 bits per heavy atom. The van der Waals surface area contributed by atoms with Gasteiger partial charge in [0.2, 0.25) is 0 Å². The summed E-state index contributed by atoms with van der Waals surface area (Å²) in [7, 11) is 1.71. The molecule has 1 aliphatic rings. The van der Waals surface area contributed by atoms with Crippen molar-refractivity contribution in [1.29, 1.82) is 0 Å². The molecule has 0 bridgehead atoms. The van der Waals surface area contributed by atoms with Gasteiger partial charge in [-0.3, -0.25) is 4.99 Å². The summed E-state index contributed by atoms with van der Waals surface area (Å²) in [5.41, 5.74) is 8.47. The van der Waals surface area contributed by atoms with Crippen molar-refractivity contribution < 1.29 is 4.74 Å². The van der Waals surface area contributed by atoms with Crippen LogP contribution in [0, 0.1) is 0 Å². The maximum atomic E-state index is 6.02. The van der Waals surface area contributed by atoms with Gasteiger partial charge in [0.05, 0.1) is 19.2 Å². The van der Waals surface area contributed by atoms with E-state index >= 15 is 0 Å². The molecule has 0 aromatic heterocycles. The molecule has 1 aromatic carbocycles. The molecule has 2 rings (SSSR count). The first kappa shape index (κ1) is 13.9. The molecule has 0 spiro atoms. The summed E-state index contributed by atoms with van der Waals surface area (Å²) in [5.74, 6) is 0.667. The molecule has 0 amide bonds. The van der Waals surface area contributed by atoms with Crippen molar-refractivity contribution in [3.8, 4) is 0 Å². The van der Waals surface area contributed by atoms with Crippen LogP contribution >= 0.6 is 0 Å². The molecule has 0 saturated carbocycles. The van der Waals surface area contributed by atoms with E-state index < -0.39 is 0 Å². The zero-order valence-corrected chi connectivity index (χ0v) is 12.0. The van der Waals surface area contributed by atoms with Gasteiger partial charge in [-0.05, 0) is 24.5 Å². The summed E-state index contributed by atoms with van der Waals surface area (Å²) < 4.78 is 5.13. The van der Waals surface area contributed by atoms with Crippen molar-refractivity contribution in [2.24, 2.45) is 10.7 Å². The van der Waals surface area contributed by atoms with Crippen molar-refractivity contribution in [3.63, 3.8) is 0 Å². The van der Waals surface area contributed by atoms with Gasteiger partial charge >= 0.3 is 0 Å². The number of ether oxygens (including phenoxy) is 1. The Hall–Kier alpha value is -1.55. The summed E-state index contributed by atoms with van der Waals surface area (Å²) in [5, 5.41) is 0. The van der Waals surface area contributed by atoms with Crippen molar-refractivity contribution in [2.75, 3.05) is 13.7 Å². The van der Waals surface area contributed by atoms with E-state index in [0.717, 1.165) is 13.0 Å². The maximum Gasteiger partial charge on any atom is 0.192 e. The molecule has 0 radical (unpaired) electrons. The van der Waals surface area contributed by atoms with Crippen LogP contribution in [0.5, 0.6) is 0 Å². The Labute approximate surface area is 115 Å². The average molecular weight is 261 g/mol. The van der Waals surface area contributed by atoms with Gasteiger partial charge in [0, 0.05) is 13.2 Å². The third-order valence-electron chi connectivity index (χ3n) is 3.77. The molecule has 4 nitrogen and oxygen atoms in total. The van der Waals surface area contributed by atoms with Crippen molar-refractivity contribution >= 4 is 5.96 Å². The highest BCUT2D eigenvalue weighted by molar-refractivity contribution is 5.80. The van der Waals surface area contributed by atoms with Gasteiger partial charge in [0.1, 0.15) is 0 Å². The summed E-state index contributed by atoms with van der Waals surface area (Å²) in [4.78, 5) is 6.63. The van der Waals surface area contributed by atoms with E-state index in [0.29, 0.717) is 18.6 Å². The highest BCUT2D eigenvalue weighted by Crippen LogP contribution is 2.28. The molecule has 0 fully saturated rings. The van der Waals surface area contributed by atoms with Crippen LogP contribution in [0.25, 0.3) is 0 Å². The minimum absolute atomic E-state index is 0.270. The van der Waals surface area contributed by atoms with Crippen molar-refractivity contribution in [3.05, 3.63) is 35.4 Å². The molecule has 104 valence electrons. The highest BCUT2D eigenvalue weighted by Gasteiger charge is 2.30. The lowest BCUT2D eigenvalue weighted by Crippen LogP contribution is -2.42. The number of guanidine groups is 1. The van der Waals surface area contributed by atoms with Gasteiger partial charge in [-0.25, -0.2) is 0 Å². The Morgan fingerprint density at radius 3 is 2.68 bits per heavy atom. The summed E-state index contributed by atoms with van der Waals surface area (Å²) in [6.07, 6.45) is 1.06. The van der Waals surface area contributed by atoms with Crippen LogP contribution in [0.4, 0.5) is 0 Å². The Bertz CT molecular complexity index is 441. The second-order valence-electron chi connectivity index (χ2n) is 5.05. The molecular formula is C15H23N3O. The zero-order chi connectivity index (χ0) is 13.8. The number of benzene rings is 1. The second-order valence-corrected chi connectivity index (χ2v) is 5.05. The smallest absolute Gasteiger partial charge is 0.192 e. The van der Waals surface area contributed by atoms with E-state index in [1.165, 1.54) is 11.1 Å². The number of nitrogens with two attached hydrogens (primary N) is 1. The lowest BCUT2D eigenvalue weighted by molar-refractivity contribution is 0.185. The lowest BCUT2D eigenvalue weighted by atomic mass is 10.0. The van der Waals surface area contributed by atoms with Crippen molar-refractivity contribution in [1.82, 2.24) is 4.90 Å². The van der Waals surface area contributed by atoms with E-state index in [9.17, 15) is 0 Å². The summed E-state index contributed by atoms with van der Waals surface area (Å²) >= 11 is 0. The average Bonchev–Trinajstić information content (AvgIpc) is 2.81. The zero-order valence-electron chi connectivity index (χ0n) is 12.0. The van der Waals surface area contributed by atoms with Crippen LogP contribution in [0.1, 0.15) is 37.4 Å². The third-order valence-corrected chi connectivity index (χ3v) is 3.77. The number of nitrogens with zero attached hydrogens (tertiary/aromatic N) is 2. The first-order chi connectivity index (χ1) is 9.17. The first-order valence-electron chi connectivity index (χ1n) is 6.83.